The van der Waals surface area contributed by atoms with E-state index in [1.165, 1.54) is 0 Å². The van der Waals surface area contributed by atoms with Gasteiger partial charge in [-0.2, -0.15) is 5.26 Å². The Morgan fingerprint density at radius 1 is 1.42 bits per heavy atom. The highest BCUT2D eigenvalue weighted by molar-refractivity contribution is 6.69. The van der Waals surface area contributed by atoms with Gasteiger partial charge in [0.15, 0.2) is 8.32 Å². The van der Waals surface area contributed by atoms with Crippen LogP contribution in [0, 0.1) is 11.3 Å². The Hall–Kier alpha value is 0.247. The number of halogens is 2. The summed E-state index contributed by atoms with van der Waals surface area (Å²) in [6.45, 7) is 6.11. The topological polar surface area (TPSA) is 33.0 Å². The number of nitrogens with zero attached hydrogens (tertiary/aromatic N) is 1. The standard InChI is InChI=1S/C7H13Cl2NOSi/c1-12(2,3)11-6(4-5-10)7(8)9/h6-7H,4H2,1-3H3. The molecule has 0 aromatic rings. The Morgan fingerprint density at radius 2 is 1.92 bits per heavy atom. The molecule has 0 N–H and O–H groups in total. The molecule has 0 aromatic carbocycles. The van der Waals surface area contributed by atoms with Gasteiger partial charge in [0.2, 0.25) is 0 Å². The first-order valence-electron chi connectivity index (χ1n) is 3.70. The first-order chi connectivity index (χ1) is 5.37. The third kappa shape index (κ3) is 5.84. The van der Waals surface area contributed by atoms with Crippen molar-refractivity contribution >= 4 is 31.5 Å². The molecule has 5 heteroatoms. The molecule has 0 rings (SSSR count). The number of hydrogen-bond donors (Lipinski definition) is 0. The van der Waals surface area contributed by atoms with Crippen molar-refractivity contribution < 1.29 is 4.43 Å². The minimum absolute atomic E-state index is 0.252. The van der Waals surface area contributed by atoms with Crippen molar-refractivity contribution in [1.29, 1.82) is 5.26 Å². The van der Waals surface area contributed by atoms with E-state index in [0.717, 1.165) is 0 Å². The summed E-state index contributed by atoms with van der Waals surface area (Å²) in [5.41, 5.74) is 0. The van der Waals surface area contributed by atoms with Crippen molar-refractivity contribution in [1.82, 2.24) is 0 Å². The van der Waals surface area contributed by atoms with Crippen molar-refractivity contribution in [2.45, 2.75) is 37.0 Å². The molecular weight excluding hydrogens is 213 g/mol. The van der Waals surface area contributed by atoms with Gasteiger partial charge in [-0.05, 0) is 19.6 Å². The molecule has 0 fully saturated rings. The van der Waals surface area contributed by atoms with Crippen molar-refractivity contribution in [2.75, 3.05) is 0 Å². The summed E-state index contributed by atoms with van der Waals surface area (Å²) in [5.74, 6) is 0. The lowest BCUT2D eigenvalue weighted by Crippen LogP contribution is -2.35. The second-order valence-corrected chi connectivity index (χ2v) is 9.09. The normalized spacial score (nSPS) is 14.4. The molecule has 12 heavy (non-hydrogen) atoms. The van der Waals surface area contributed by atoms with Crippen molar-refractivity contribution in [3.05, 3.63) is 0 Å². The van der Waals surface area contributed by atoms with E-state index in [9.17, 15) is 0 Å². The highest BCUT2D eigenvalue weighted by Gasteiger charge is 2.25. The maximum absolute atomic E-state index is 8.45. The molecule has 0 radical (unpaired) electrons. The maximum atomic E-state index is 8.45. The predicted octanol–water partition coefficient (Wildman–Crippen LogP) is 2.92. The average Bonchev–Trinajstić information content (AvgIpc) is 1.83. The molecule has 0 spiro atoms. The molecule has 0 aliphatic heterocycles. The molecule has 0 heterocycles. The Labute approximate surface area is 84.5 Å². The van der Waals surface area contributed by atoms with Gasteiger partial charge in [0.1, 0.15) is 4.84 Å². The van der Waals surface area contributed by atoms with Crippen LogP contribution >= 0.6 is 23.2 Å². The Kier molecular flexibility index (Phi) is 5.18. The first kappa shape index (κ1) is 12.2. The van der Waals surface area contributed by atoms with E-state index in [4.69, 9.17) is 32.9 Å². The van der Waals surface area contributed by atoms with Gasteiger partial charge in [0.25, 0.3) is 0 Å². The molecule has 0 bridgehead atoms. The molecule has 1 atom stereocenters. The van der Waals surface area contributed by atoms with Crippen LogP contribution in [0.15, 0.2) is 0 Å². The van der Waals surface area contributed by atoms with Gasteiger partial charge in [-0.3, -0.25) is 0 Å². The largest absolute Gasteiger partial charge is 0.411 e. The van der Waals surface area contributed by atoms with E-state index in [1.807, 2.05) is 25.7 Å². The molecular formula is C7H13Cl2NOSi. The lowest BCUT2D eigenvalue weighted by Gasteiger charge is -2.25. The van der Waals surface area contributed by atoms with Gasteiger partial charge in [-0.25, -0.2) is 0 Å². The van der Waals surface area contributed by atoms with Gasteiger partial charge in [-0.15, -0.1) is 23.2 Å². The number of rotatable bonds is 4. The SMILES string of the molecule is C[Si](C)(C)OC(CC#N)C(Cl)Cl. The fraction of sp³-hybridized carbons (Fsp3) is 0.857. The summed E-state index contributed by atoms with van der Waals surface area (Å²) in [5, 5.41) is 8.45. The van der Waals surface area contributed by atoms with Gasteiger partial charge >= 0.3 is 0 Å². The molecule has 2 nitrogen and oxygen atoms in total. The van der Waals surface area contributed by atoms with Gasteiger partial charge in [0, 0.05) is 0 Å². The predicted molar refractivity (Wildman–Crippen MR) is 53.9 cm³/mol. The molecule has 1 unspecified atom stereocenters. The third-order valence-electron chi connectivity index (χ3n) is 1.08. The molecule has 0 saturated carbocycles. The van der Waals surface area contributed by atoms with Crippen LogP contribution in [0.2, 0.25) is 19.6 Å². The molecule has 0 aliphatic carbocycles. The van der Waals surface area contributed by atoms with E-state index < -0.39 is 13.2 Å². The highest BCUT2D eigenvalue weighted by atomic mass is 35.5. The van der Waals surface area contributed by atoms with Gasteiger partial charge in [-0.1, -0.05) is 0 Å². The summed E-state index contributed by atoms with van der Waals surface area (Å²) in [6.07, 6.45) is -0.0907. The maximum Gasteiger partial charge on any atom is 0.184 e. The van der Waals surface area contributed by atoms with Crippen LogP contribution in [0.3, 0.4) is 0 Å². The molecule has 70 valence electrons. The van der Waals surface area contributed by atoms with Crippen molar-refractivity contribution in [3.8, 4) is 6.07 Å². The Bertz CT molecular complexity index is 173. The Morgan fingerprint density at radius 3 is 2.17 bits per heavy atom. The minimum atomic E-state index is -1.64. The molecule has 0 aliphatic rings. The summed E-state index contributed by atoms with van der Waals surface area (Å²) >= 11 is 11.3. The summed E-state index contributed by atoms with van der Waals surface area (Å²) in [7, 11) is -1.64. The first-order valence-corrected chi connectivity index (χ1v) is 7.98. The average molecular weight is 226 g/mol. The van der Waals surface area contributed by atoms with Crippen LogP contribution in [0.25, 0.3) is 0 Å². The fourth-order valence-electron chi connectivity index (χ4n) is 0.726. The quantitative estimate of drug-likeness (QED) is 0.545. The van der Waals surface area contributed by atoms with Crippen LogP contribution in [0.1, 0.15) is 6.42 Å². The zero-order chi connectivity index (χ0) is 9.78. The monoisotopic (exact) mass is 225 g/mol. The number of alkyl halides is 2. The number of hydrogen-bond acceptors (Lipinski definition) is 2. The summed E-state index contributed by atoms with van der Waals surface area (Å²) < 4.78 is 5.59. The second kappa shape index (κ2) is 5.08. The summed E-state index contributed by atoms with van der Waals surface area (Å²) in [4.78, 5) is -0.614. The van der Waals surface area contributed by atoms with E-state index >= 15 is 0 Å². The molecule has 0 saturated heterocycles. The van der Waals surface area contributed by atoms with E-state index in [0.29, 0.717) is 0 Å². The zero-order valence-corrected chi connectivity index (χ0v) is 9.99. The van der Waals surface area contributed by atoms with Gasteiger partial charge < -0.3 is 4.43 Å². The van der Waals surface area contributed by atoms with Crippen molar-refractivity contribution in [3.63, 3.8) is 0 Å². The van der Waals surface area contributed by atoms with Crippen molar-refractivity contribution in [2.24, 2.45) is 0 Å². The van der Waals surface area contributed by atoms with E-state index in [2.05, 4.69) is 0 Å². The summed E-state index contributed by atoms with van der Waals surface area (Å²) in [6, 6.07) is 2.00. The zero-order valence-electron chi connectivity index (χ0n) is 7.47. The third-order valence-corrected chi connectivity index (χ3v) is 2.65. The highest BCUT2D eigenvalue weighted by Crippen LogP contribution is 2.19. The van der Waals surface area contributed by atoms with E-state index in [-0.39, 0.29) is 12.5 Å². The fourth-order valence-corrected chi connectivity index (χ4v) is 2.31. The van der Waals surface area contributed by atoms with E-state index in [1.54, 1.807) is 0 Å². The van der Waals surface area contributed by atoms with Crippen LogP contribution in [-0.2, 0) is 4.43 Å². The molecule has 0 aromatic heterocycles. The van der Waals surface area contributed by atoms with Crippen LogP contribution in [0.4, 0.5) is 0 Å². The van der Waals surface area contributed by atoms with Gasteiger partial charge in [0.05, 0.1) is 18.6 Å². The Balaban J connectivity index is 4.07. The number of nitriles is 1. The smallest absolute Gasteiger partial charge is 0.184 e. The van der Waals surface area contributed by atoms with Crippen LogP contribution < -0.4 is 0 Å². The lowest BCUT2D eigenvalue weighted by molar-refractivity contribution is 0.213. The lowest BCUT2D eigenvalue weighted by atomic mass is 10.3. The molecule has 0 amide bonds. The van der Waals surface area contributed by atoms with Crippen LogP contribution in [-0.4, -0.2) is 19.3 Å². The second-order valence-electron chi connectivity index (χ2n) is 3.47. The van der Waals surface area contributed by atoms with Crippen LogP contribution in [0.5, 0.6) is 0 Å². The minimum Gasteiger partial charge on any atom is -0.411 e.